The van der Waals surface area contributed by atoms with Crippen LogP contribution in [0.25, 0.3) is 0 Å². The molecule has 0 radical (unpaired) electrons. The van der Waals surface area contributed by atoms with E-state index in [1.807, 2.05) is 0 Å². The molecule has 0 bridgehead atoms. The van der Waals surface area contributed by atoms with Crippen LogP contribution in [0, 0.1) is 5.41 Å². The molecule has 15 heavy (non-hydrogen) atoms. The van der Waals surface area contributed by atoms with Crippen molar-refractivity contribution in [2.24, 2.45) is 0 Å². The van der Waals surface area contributed by atoms with Gasteiger partial charge in [-0.3, -0.25) is 10.2 Å². The summed E-state index contributed by atoms with van der Waals surface area (Å²) in [5.41, 5.74) is 1.89. The van der Waals surface area contributed by atoms with Gasteiger partial charge in [-0.1, -0.05) is 24.6 Å². The Labute approximate surface area is 94.2 Å². The van der Waals surface area contributed by atoms with Crippen molar-refractivity contribution in [3.05, 3.63) is 11.1 Å². The predicted octanol–water partition coefficient (Wildman–Crippen LogP) is 2.09. The highest BCUT2D eigenvalue weighted by Crippen LogP contribution is 2.41. The third-order valence-electron chi connectivity index (χ3n) is 3.06. The second kappa shape index (κ2) is 4.39. The second-order valence-corrected chi connectivity index (χ2v) is 5.23. The number of fused-ring (bicyclic) bond motifs is 1. The average Bonchev–Trinajstić information content (AvgIpc) is 2.40. The zero-order valence-corrected chi connectivity index (χ0v) is 9.75. The molecule has 2 aliphatic rings. The lowest BCUT2D eigenvalue weighted by Gasteiger charge is -2.08. The van der Waals surface area contributed by atoms with E-state index in [9.17, 15) is 4.79 Å². The summed E-state index contributed by atoms with van der Waals surface area (Å²) >= 11 is 1.56. The third kappa shape index (κ3) is 1.95. The van der Waals surface area contributed by atoms with Crippen LogP contribution in [0.15, 0.2) is 11.1 Å². The third-order valence-corrected chi connectivity index (χ3v) is 4.31. The van der Waals surface area contributed by atoms with E-state index < -0.39 is 0 Å². The van der Waals surface area contributed by atoms with Crippen LogP contribution in [0.1, 0.15) is 32.1 Å². The van der Waals surface area contributed by atoms with E-state index in [0.717, 1.165) is 12.8 Å². The maximum atomic E-state index is 11.7. The molecule has 0 spiro atoms. The monoisotopic (exact) mass is 224 g/mol. The van der Waals surface area contributed by atoms with E-state index in [1.54, 1.807) is 18.8 Å². The summed E-state index contributed by atoms with van der Waals surface area (Å²) in [6, 6.07) is 0. The number of hydrogen-bond donors (Lipinski definition) is 2. The fourth-order valence-electron chi connectivity index (χ4n) is 2.29. The fourth-order valence-corrected chi connectivity index (χ4v) is 3.58. The quantitative estimate of drug-likeness (QED) is 0.716. The minimum atomic E-state index is -0.0769. The van der Waals surface area contributed by atoms with Gasteiger partial charge < -0.3 is 5.32 Å². The molecule has 0 unspecified atom stereocenters. The highest BCUT2D eigenvalue weighted by Gasteiger charge is 2.34. The van der Waals surface area contributed by atoms with Gasteiger partial charge in [0.1, 0.15) is 5.04 Å². The van der Waals surface area contributed by atoms with Gasteiger partial charge >= 0.3 is 0 Å². The number of amides is 1. The van der Waals surface area contributed by atoms with Crippen LogP contribution >= 0.6 is 11.8 Å². The molecule has 0 aromatic rings. The number of rotatable bonds is 1. The number of likely N-dealkylation sites (N-methyl/N-ethyl adjacent to an activating group) is 1. The molecular weight excluding hydrogens is 208 g/mol. The van der Waals surface area contributed by atoms with Crippen molar-refractivity contribution in [2.75, 3.05) is 7.05 Å². The van der Waals surface area contributed by atoms with Crippen molar-refractivity contribution >= 4 is 22.7 Å². The van der Waals surface area contributed by atoms with E-state index in [-0.39, 0.29) is 5.91 Å². The molecule has 2 N–H and O–H groups in total. The van der Waals surface area contributed by atoms with Crippen LogP contribution in [0.5, 0.6) is 0 Å². The minimum absolute atomic E-state index is 0.0769. The van der Waals surface area contributed by atoms with Gasteiger partial charge in [0.15, 0.2) is 0 Å². The highest BCUT2D eigenvalue weighted by atomic mass is 32.2. The largest absolute Gasteiger partial charge is 0.355 e. The normalized spacial score (nSPS) is 26.2. The molecule has 2 rings (SSSR count). The van der Waals surface area contributed by atoms with Crippen LogP contribution < -0.4 is 5.32 Å². The van der Waals surface area contributed by atoms with E-state index in [2.05, 4.69) is 5.32 Å². The van der Waals surface area contributed by atoms with Crippen LogP contribution in [0.2, 0.25) is 0 Å². The van der Waals surface area contributed by atoms with E-state index >= 15 is 0 Å². The maximum absolute atomic E-state index is 11.7. The van der Waals surface area contributed by atoms with Gasteiger partial charge in [0.05, 0.1) is 5.57 Å². The first-order valence-corrected chi connectivity index (χ1v) is 6.32. The fraction of sp³-hybridized carbons (Fsp3) is 0.636. The lowest BCUT2D eigenvalue weighted by atomic mass is 10.0. The molecule has 0 aromatic heterocycles. The molecule has 1 saturated carbocycles. The summed E-state index contributed by atoms with van der Waals surface area (Å²) in [5, 5.41) is 11.4. The van der Waals surface area contributed by atoms with Gasteiger partial charge in [-0.2, -0.15) is 0 Å². The van der Waals surface area contributed by atoms with Crippen LogP contribution in [-0.2, 0) is 4.79 Å². The van der Waals surface area contributed by atoms with Crippen molar-refractivity contribution < 1.29 is 4.79 Å². The molecule has 82 valence electrons. The SMILES string of the molecule is CNC(=O)C1=C2CCCCC[C@@H]2SC1=N. The van der Waals surface area contributed by atoms with Gasteiger partial charge in [-0.25, -0.2) is 0 Å². The standard InChI is InChI=1S/C11H16N2OS/c1-13-11(14)9-7-5-3-2-4-6-8(7)15-10(9)12/h8,12H,2-6H2,1H3,(H,13,14)/t8-/m0/s1. The summed E-state index contributed by atoms with van der Waals surface area (Å²) in [5.74, 6) is -0.0769. The van der Waals surface area contributed by atoms with E-state index in [1.165, 1.54) is 24.8 Å². The molecule has 1 aliphatic carbocycles. The molecule has 1 heterocycles. The Morgan fingerprint density at radius 3 is 3.00 bits per heavy atom. The van der Waals surface area contributed by atoms with Gasteiger partial charge in [0, 0.05) is 12.3 Å². The zero-order valence-electron chi connectivity index (χ0n) is 8.93. The van der Waals surface area contributed by atoms with Crippen molar-refractivity contribution in [2.45, 2.75) is 37.4 Å². The number of hydrogen-bond acceptors (Lipinski definition) is 3. The molecule has 4 heteroatoms. The molecule has 3 nitrogen and oxygen atoms in total. The Morgan fingerprint density at radius 2 is 2.27 bits per heavy atom. The number of nitrogens with one attached hydrogen (secondary N) is 2. The molecule has 1 atom stereocenters. The number of thioether (sulfide) groups is 1. The lowest BCUT2D eigenvalue weighted by Crippen LogP contribution is -2.23. The summed E-state index contributed by atoms with van der Waals surface area (Å²) in [6.07, 6.45) is 5.79. The second-order valence-electron chi connectivity index (χ2n) is 4.01. The van der Waals surface area contributed by atoms with Gasteiger partial charge in [0.25, 0.3) is 5.91 Å². The van der Waals surface area contributed by atoms with Gasteiger partial charge in [0.2, 0.25) is 0 Å². The lowest BCUT2D eigenvalue weighted by molar-refractivity contribution is -0.116. The number of carbonyl (C=O) groups excluding carboxylic acids is 1. The molecule has 1 fully saturated rings. The summed E-state index contributed by atoms with van der Waals surface area (Å²) in [7, 11) is 1.64. The van der Waals surface area contributed by atoms with Gasteiger partial charge in [-0.15, -0.1) is 0 Å². The first-order chi connectivity index (χ1) is 7.24. The van der Waals surface area contributed by atoms with E-state index in [0.29, 0.717) is 15.9 Å². The van der Waals surface area contributed by atoms with Crippen LogP contribution in [0.3, 0.4) is 0 Å². The smallest absolute Gasteiger partial charge is 0.253 e. The highest BCUT2D eigenvalue weighted by molar-refractivity contribution is 8.15. The first kappa shape index (κ1) is 10.7. The maximum Gasteiger partial charge on any atom is 0.253 e. The number of carbonyl (C=O) groups is 1. The molecule has 0 saturated heterocycles. The first-order valence-electron chi connectivity index (χ1n) is 5.44. The van der Waals surface area contributed by atoms with E-state index in [4.69, 9.17) is 5.41 Å². The van der Waals surface area contributed by atoms with Crippen LogP contribution in [-0.4, -0.2) is 23.2 Å². The summed E-state index contributed by atoms with van der Waals surface area (Å²) < 4.78 is 0. The summed E-state index contributed by atoms with van der Waals surface area (Å²) in [6.45, 7) is 0. The van der Waals surface area contributed by atoms with Gasteiger partial charge in [-0.05, 0) is 24.8 Å². The summed E-state index contributed by atoms with van der Waals surface area (Å²) in [4.78, 5) is 11.7. The van der Waals surface area contributed by atoms with Crippen molar-refractivity contribution in [3.8, 4) is 0 Å². The molecule has 0 aromatic carbocycles. The van der Waals surface area contributed by atoms with Crippen molar-refractivity contribution in [1.29, 1.82) is 5.41 Å². The van der Waals surface area contributed by atoms with Crippen molar-refractivity contribution in [3.63, 3.8) is 0 Å². The molecule has 1 aliphatic heterocycles. The molecule has 1 amide bonds. The van der Waals surface area contributed by atoms with Crippen LogP contribution in [0.4, 0.5) is 0 Å². The van der Waals surface area contributed by atoms with Crippen molar-refractivity contribution in [1.82, 2.24) is 5.32 Å². The Morgan fingerprint density at radius 1 is 1.47 bits per heavy atom. The zero-order chi connectivity index (χ0) is 10.8. The Bertz CT molecular complexity index is 335. The average molecular weight is 224 g/mol. The minimum Gasteiger partial charge on any atom is -0.355 e. The predicted molar refractivity (Wildman–Crippen MR) is 63.3 cm³/mol. The molecular formula is C11H16N2OS. The topological polar surface area (TPSA) is 53.0 Å². The Hall–Kier alpha value is -0.770. The Kier molecular flexibility index (Phi) is 3.14. The Balaban J connectivity index is 2.33.